The van der Waals surface area contributed by atoms with E-state index in [0.29, 0.717) is 22.7 Å². The van der Waals surface area contributed by atoms with Gasteiger partial charge < -0.3 is 5.32 Å². The number of fused-ring (bicyclic) bond motifs is 1. The molecule has 7 nitrogen and oxygen atoms in total. The number of aryl methyl sites for hydroxylation is 2. The number of aromatic nitrogens is 3. The van der Waals surface area contributed by atoms with Gasteiger partial charge in [-0.15, -0.1) is 0 Å². The number of nitrogens with one attached hydrogen (secondary N) is 1. The molecule has 182 valence electrons. The predicted molar refractivity (Wildman–Crippen MR) is 139 cm³/mol. The van der Waals surface area contributed by atoms with Gasteiger partial charge in [-0.3, -0.25) is 14.3 Å². The quantitative estimate of drug-likeness (QED) is 0.496. The van der Waals surface area contributed by atoms with E-state index in [-0.39, 0.29) is 17.2 Å². The number of anilines is 1. The summed E-state index contributed by atoms with van der Waals surface area (Å²) >= 11 is 1.31. The Hall–Kier alpha value is -3.31. The standard InChI is InChI=1S/C27H31N5O2S/c1-4-23(35-26-20(17-28)16-19-12-8-5-6-11-15-22(19)29-26)25(33)30-24-18(2)31(3)32(27(24)34)21-13-9-7-10-14-21/h7,9-10,13-14,16,23H,4-6,8,11-12,15H2,1-3H3,(H,30,33). The zero-order chi connectivity index (χ0) is 24.9. The van der Waals surface area contributed by atoms with Gasteiger partial charge in [0.1, 0.15) is 16.8 Å². The van der Waals surface area contributed by atoms with Gasteiger partial charge in [-0.05, 0) is 62.8 Å². The van der Waals surface area contributed by atoms with Crippen molar-refractivity contribution in [1.29, 1.82) is 5.26 Å². The molecule has 3 aromatic rings. The number of carbonyl (C=O) groups excluding carboxylic acids is 1. The maximum absolute atomic E-state index is 13.3. The van der Waals surface area contributed by atoms with Gasteiger partial charge in [0.05, 0.1) is 22.2 Å². The highest BCUT2D eigenvalue weighted by atomic mass is 32.2. The average Bonchev–Trinajstić information content (AvgIpc) is 3.06. The number of hydrogen-bond donors (Lipinski definition) is 1. The molecule has 0 spiro atoms. The molecular weight excluding hydrogens is 458 g/mol. The summed E-state index contributed by atoms with van der Waals surface area (Å²) in [7, 11) is 1.80. The van der Waals surface area contributed by atoms with Crippen LogP contribution in [0.4, 0.5) is 5.69 Å². The maximum Gasteiger partial charge on any atom is 0.295 e. The first kappa shape index (κ1) is 24.8. The van der Waals surface area contributed by atoms with Crippen LogP contribution in [0.5, 0.6) is 0 Å². The second kappa shape index (κ2) is 11.0. The van der Waals surface area contributed by atoms with E-state index in [9.17, 15) is 14.9 Å². The summed E-state index contributed by atoms with van der Waals surface area (Å²) in [5, 5.41) is 12.8. The minimum Gasteiger partial charge on any atom is -0.319 e. The lowest BCUT2D eigenvalue weighted by Crippen LogP contribution is -2.28. The normalized spacial score (nSPS) is 14.3. The highest BCUT2D eigenvalue weighted by molar-refractivity contribution is 8.00. The zero-order valence-corrected chi connectivity index (χ0v) is 21.3. The maximum atomic E-state index is 13.3. The minimum absolute atomic E-state index is 0.263. The fraction of sp³-hybridized carbons (Fsp3) is 0.407. The Bertz CT molecular complexity index is 1320. The third kappa shape index (κ3) is 5.20. The van der Waals surface area contributed by atoms with Crippen molar-refractivity contribution in [3.05, 3.63) is 69.3 Å². The van der Waals surface area contributed by atoms with Crippen molar-refractivity contribution >= 4 is 23.4 Å². The predicted octanol–water partition coefficient (Wildman–Crippen LogP) is 4.92. The van der Waals surface area contributed by atoms with Gasteiger partial charge in [0.2, 0.25) is 5.91 Å². The number of carbonyl (C=O) groups is 1. The van der Waals surface area contributed by atoms with Crippen LogP contribution in [-0.2, 0) is 24.7 Å². The van der Waals surface area contributed by atoms with Crippen molar-refractivity contribution < 1.29 is 4.79 Å². The van der Waals surface area contributed by atoms with Gasteiger partial charge >= 0.3 is 0 Å². The van der Waals surface area contributed by atoms with E-state index in [4.69, 9.17) is 4.98 Å². The third-order valence-electron chi connectivity index (χ3n) is 6.61. The Morgan fingerprint density at radius 2 is 1.91 bits per heavy atom. The van der Waals surface area contributed by atoms with Gasteiger partial charge in [0.25, 0.3) is 5.56 Å². The molecule has 1 unspecified atom stereocenters. The molecule has 1 amide bonds. The number of thioether (sulfide) groups is 1. The van der Waals surface area contributed by atoms with Crippen LogP contribution >= 0.6 is 11.8 Å². The van der Waals surface area contributed by atoms with Crippen LogP contribution in [-0.4, -0.2) is 25.5 Å². The minimum atomic E-state index is -0.481. The van der Waals surface area contributed by atoms with Crippen LogP contribution in [0.15, 0.2) is 46.2 Å². The van der Waals surface area contributed by atoms with Crippen molar-refractivity contribution in [2.75, 3.05) is 5.32 Å². The molecule has 0 saturated heterocycles. The number of hydrogen-bond acceptors (Lipinski definition) is 5. The van der Waals surface area contributed by atoms with Crippen LogP contribution in [0, 0.1) is 18.3 Å². The molecular formula is C27H31N5O2S. The summed E-state index contributed by atoms with van der Waals surface area (Å²) in [6.07, 6.45) is 7.00. The lowest BCUT2D eigenvalue weighted by molar-refractivity contribution is -0.115. The van der Waals surface area contributed by atoms with E-state index in [1.165, 1.54) is 24.6 Å². The van der Waals surface area contributed by atoms with Crippen LogP contribution < -0.4 is 10.9 Å². The molecule has 0 fully saturated rings. The Labute approximate surface area is 210 Å². The molecule has 35 heavy (non-hydrogen) atoms. The van der Waals surface area contributed by atoms with Gasteiger partial charge in [-0.25, -0.2) is 9.67 Å². The first-order valence-corrected chi connectivity index (χ1v) is 13.1. The molecule has 0 aliphatic heterocycles. The number of nitrogens with zero attached hydrogens (tertiary/aromatic N) is 4. The largest absolute Gasteiger partial charge is 0.319 e. The first-order chi connectivity index (χ1) is 16.9. The Kier molecular flexibility index (Phi) is 7.76. The van der Waals surface area contributed by atoms with E-state index in [1.54, 1.807) is 16.4 Å². The third-order valence-corrected chi connectivity index (χ3v) is 7.97. The van der Waals surface area contributed by atoms with Crippen LogP contribution in [0.25, 0.3) is 5.69 Å². The van der Waals surface area contributed by atoms with E-state index >= 15 is 0 Å². The second-order valence-electron chi connectivity index (χ2n) is 8.91. The van der Waals surface area contributed by atoms with Gasteiger partial charge in [-0.1, -0.05) is 49.7 Å². The zero-order valence-electron chi connectivity index (χ0n) is 20.5. The fourth-order valence-corrected chi connectivity index (χ4v) is 5.51. The fourth-order valence-electron chi connectivity index (χ4n) is 4.51. The number of amides is 1. The Morgan fingerprint density at radius 3 is 2.60 bits per heavy atom. The first-order valence-electron chi connectivity index (χ1n) is 12.2. The molecule has 1 aromatic carbocycles. The van der Waals surface area contributed by atoms with Crippen molar-refractivity contribution in [1.82, 2.24) is 14.3 Å². The number of benzene rings is 1. The number of nitriles is 1. The molecule has 1 atom stereocenters. The number of para-hydroxylation sites is 1. The van der Waals surface area contributed by atoms with Crippen LogP contribution in [0.2, 0.25) is 0 Å². The molecule has 2 aromatic heterocycles. The lowest BCUT2D eigenvalue weighted by atomic mass is 9.96. The van der Waals surface area contributed by atoms with Crippen LogP contribution in [0.3, 0.4) is 0 Å². The lowest BCUT2D eigenvalue weighted by Gasteiger charge is -2.18. The summed E-state index contributed by atoms with van der Waals surface area (Å²) in [6.45, 7) is 3.74. The van der Waals surface area contributed by atoms with E-state index in [2.05, 4.69) is 11.4 Å². The Balaban J connectivity index is 1.60. The molecule has 4 rings (SSSR count). The monoisotopic (exact) mass is 489 g/mol. The number of pyridine rings is 1. The highest BCUT2D eigenvalue weighted by Crippen LogP contribution is 2.31. The summed E-state index contributed by atoms with van der Waals surface area (Å²) in [5.74, 6) is -0.263. The van der Waals surface area contributed by atoms with E-state index in [0.717, 1.165) is 42.6 Å². The number of rotatable bonds is 6. The molecule has 2 heterocycles. The molecule has 1 aliphatic rings. The molecule has 0 saturated carbocycles. The molecule has 1 N–H and O–H groups in total. The molecule has 0 radical (unpaired) electrons. The van der Waals surface area contributed by atoms with Crippen molar-refractivity contribution in [2.45, 2.75) is 69.1 Å². The second-order valence-corrected chi connectivity index (χ2v) is 10.1. The topological polar surface area (TPSA) is 92.7 Å². The molecule has 8 heteroatoms. The summed E-state index contributed by atoms with van der Waals surface area (Å²) in [6, 6.07) is 13.6. The van der Waals surface area contributed by atoms with Crippen molar-refractivity contribution in [2.24, 2.45) is 7.05 Å². The van der Waals surface area contributed by atoms with Gasteiger partial charge in [-0.2, -0.15) is 5.26 Å². The smallest absolute Gasteiger partial charge is 0.295 e. The van der Waals surface area contributed by atoms with Gasteiger partial charge in [0, 0.05) is 12.7 Å². The summed E-state index contributed by atoms with van der Waals surface area (Å²) < 4.78 is 3.29. The van der Waals surface area contributed by atoms with E-state index in [1.807, 2.05) is 50.2 Å². The Morgan fingerprint density at radius 1 is 1.20 bits per heavy atom. The van der Waals surface area contributed by atoms with Crippen LogP contribution in [0.1, 0.15) is 61.5 Å². The molecule has 0 bridgehead atoms. The summed E-state index contributed by atoms with van der Waals surface area (Å²) in [4.78, 5) is 31.3. The summed E-state index contributed by atoms with van der Waals surface area (Å²) in [5.41, 5.74) is 4.12. The van der Waals surface area contributed by atoms with E-state index < -0.39 is 5.25 Å². The highest BCUT2D eigenvalue weighted by Gasteiger charge is 2.25. The average molecular weight is 490 g/mol. The van der Waals surface area contributed by atoms with Gasteiger partial charge in [0.15, 0.2) is 0 Å². The molecule has 1 aliphatic carbocycles. The van der Waals surface area contributed by atoms with Crippen molar-refractivity contribution in [3.63, 3.8) is 0 Å². The van der Waals surface area contributed by atoms with Crippen molar-refractivity contribution in [3.8, 4) is 11.8 Å². The SMILES string of the molecule is CCC(Sc1nc2c(cc1C#N)CCCCCC2)C(=O)Nc1c(C)n(C)n(-c2ccccc2)c1=O.